The fourth-order valence-electron chi connectivity index (χ4n) is 6.51. The van der Waals surface area contributed by atoms with Crippen LogP contribution in [0.5, 0.6) is 11.6 Å². The molecule has 5 aromatic carbocycles. The molecular formula is C39H29GeN3OPPt-3. The summed E-state index contributed by atoms with van der Waals surface area (Å²) in [5.74, 6) is 1.23. The summed E-state index contributed by atoms with van der Waals surface area (Å²) in [5, 5.41) is 3.73. The number of anilines is 1. The van der Waals surface area contributed by atoms with Gasteiger partial charge in [-0.15, -0.1) is 0 Å². The second-order valence-corrected chi connectivity index (χ2v) is 21.0. The van der Waals surface area contributed by atoms with E-state index >= 15 is 0 Å². The van der Waals surface area contributed by atoms with Crippen LogP contribution in [0.25, 0.3) is 0 Å². The number of nitrogens with zero attached hydrogens (tertiary/aromatic N) is 3. The van der Waals surface area contributed by atoms with Crippen LogP contribution in [0.2, 0.25) is 0 Å². The van der Waals surface area contributed by atoms with Crippen LogP contribution in [-0.4, -0.2) is 30.2 Å². The molecule has 0 N–H and O–H groups in total. The molecule has 0 bridgehead atoms. The van der Waals surface area contributed by atoms with Gasteiger partial charge in [0.2, 0.25) is 0 Å². The fraction of sp³-hybridized carbons (Fsp3) is 0.0256. The number of ether oxygens (including phenoxy) is 1. The first-order valence-electron chi connectivity index (χ1n) is 14.9. The molecule has 1 unspecified atom stereocenters. The Morgan fingerprint density at radius 2 is 1.41 bits per heavy atom. The number of aromatic nitrogens is 1. The minimum atomic E-state index is -3.52. The zero-order valence-corrected chi connectivity index (χ0v) is 30.3. The van der Waals surface area contributed by atoms with Crippen LogP contribution < -0.4 is 43.1 Å². The molecule has 4 nitrogen and oxygen atoms in total. The Kier molecular flexibility index (Phi) is 8.70. The molecule has 1 aromatic heterocycles. The van der Waals surface area contributed by atoms with Gasteiger partial charge in [-0.2, -0.15) is 0 Å². The van der Waals surface area contributed by atoms with Gasteiger partial charge in [0.1, 0.15) is 0 Å². The molecule has 3 heterocycles. The summed E-state index contributed by atoms with van der Waals surface area (Å²) < 4.78 is 12.0. The summed E-state index contributed by atoms with van der Waals surface area (Å²) in [6, 6.07) is 55.7. The number of hydrogen-bond donors (Lipinski definition) is 0. The average Bonchev–Trinajstić information content (AvgIpc) is 3.54. The maximum absolute atomic E-state index is 6.34. The molecule has 0 saturated heterocycles. The van der Waals surface area contributed by atoms with Gasteiger partial charge in [-0.1, -0.05) is 0 Å². The minimum absolute atomic E-state index is 0. The predicted molar refractivity (Wildman–Crippen MR) is 188 cm³/mol. The third-order valence-electron chi connectivity index (χ3n) is 8.39. The third kappa shape index (κ3) is 5.33. The first-order chi connectivity index (χ1) is 22.2. The summed E-state index contributed by atoms with van der Waals surface area (Å²) >= 11 is -3.52. The van der Waals surface area contributed by atoms with Gasteiger partial charge in [0.05, 0.1) is 0 Å². The van der Waals surface area contributed by atoms with Crippen molar-refractivity contribution in [1.29, 1.82) is 0 Å². The summed E-state index contributed by atoms with van der Waals surface area (Å²) in [5.41, 5.74) is 1.01. The quantitative estimate of drug-likeness (QED) is 0.142. The number of rotatable bonds is 6. The van der Waals surface area contributed by atoms with E-state index in [4.69, 9.17) is 4.74 Å². The molecule has 8 rings (SSSR count). The summed E-state index contributed by atoms with van der Waals surface area (Å²) in [4.78, 5) is 8.60. The smallest absolute Gasteiger partial charge is 0 e. The van der Waals surface area contributed by atoms with Crippen molar-refractivity contribution in [3.8, 4) is 11.6 Å². The van der Waals surface area contributed by atoms with Crippen molar-refractivity contribution in [2.24, 2.45) is 0 Å². The molecule has 2 aliphatic rings. The maximum atomic E-state index is 6.34. The van der Waals surface area contributed by atoms with Crippen LogP contribution in [0.3, 0.4) is 0 Å². The predicted octanol–water partition coefficient (Wildman–Crippen LogP) is 4.26. The molecule has 6 aromatic rings. The molecule has 228 valence electrons. The van der Waals surface area contributed by atoms with Gasteiger partial charge in [0.15, 0.2) is 0 Å². The van der Waals surface area contributed by atoms with Gasteiger partial charge in [-0.3, -0.25) is 0 Å². The second-order valence-electron chi connectivity index (χ2n) is 11.1. The van der Waals surface area contributed by atoms with Crippen LogP contribution in [-0.2, 0) is 21.1 Å². The van der Waals surface area contributed by atoms with Crippen molar-refractivity contribution in [2.75, 3.05) is 11.9 Å². The van der Waals surface area contributed by atoms with Crippen LogP contribution in [0.4, 0.5) is 5.69 Å². The van der Waals surface area contributed by atoms with Crippen LogP contribution >= 0.6 is 7.92 Å². The molecule has 1 atom stereocenters. The van der Waals surface area contributed by atoms with Crippen LogP contribution in [0.15, 0.2) is 152 Å². The summed E-state index contributed by atoms with van der Waals surface area (Å²) in [6.45, 7) is 2.07. The Balaban J connectivity index is 0.00000338. The average molecular weight is 854 g/mol. The van der Waals surface area contributed by atoms with E-state index in [1.165, 1.54) is 28.2 Å². The Morgan fingerprint density at radius 3 is 2.11 bits per heavy atom. The maximum Gasteiger partial charge on any atom is 0 e. The first-order valence-corrected chi connectivity index (χ1v) is 20.5. The van der Waals surface area contributed by atoms with Gasteiger partial charge in [-0.25, -0.2) is 0 Å². The second kappa shape index (κ2) is 13.0. The van der Waals surface area contributed by atoms with Crippen LogP contribution in [0, 0.1) is 18.8 Å². The molecular weight excluding hydrogens is 825 g/mol. The van der Waals surface area contributed by atoms with Gasteiger partial charge in [0.25, 0.3) is 0 Å². The number of hydrogen-bond acceptors (Lipinski definition) is 4. The van der Waals surface area contributed by atoms with Gasteiger partial charge >= 0.3 is 269 Å². The van der Waals surface area contributed by atoms with Crippen molar-refractivity contribution < 1.29 is 25.8 Å². The van der Waals surface area contributed by atoms with Crippen molar-refractivity contribution >= 4 is 60.4 Å². The Hall–Kier alpha value is -3.95. The molecule has 0 spiro atoms. The molecule has 0 aliphatic carbocycles. The van der Waals surface area contributed by atoms with Gasteiger partial charge < -0.3 is 0 Å². The van der Waals surface area contributed by atoms with Gasteiger partial charge in [-0.05, 0) is 0 Å². The molecule has 0 radical (unpaired) electrons. The molecule has 0 saturated carbocycles. The topological polar surface area (TPSA) is 28.6 Å². The van der Waals surface area contributed by atoms with Crippen molar-refractivity contribution in [1.82, 2.24) is 9.88 Å². The number of benzene rings is 5. The monoisotopic (exact) mass is 855 g/mol. The van der Waals surface area contributed by atoms with E-state index in [-0.39, 0.29) is 21.1 Å². The van der Waals surface area contributed by atoms with E-state index < -0.39 is 21.2 Å². The van der Waals surface area contributed by atoms with E-state index in [0.29, 0.717) is 11.6 Å². The molecule has 46 heavy (non-hydrogen) atoms. The Labute approximate surface area is 288 Å². The fourth-order valence-corrected chi connectivity index (χ4v) is 22.1. The molecule has 2 aliphatic heterocycles. The van der Waals surface area contributed by atoms with E-state index in [2.05, 4.69) is 150 Å². The standard InChI is InChI=1S/C39H29GeN3OP.Pt/c1-42-25-26-43(29-42)32-17-12-18-34(27-32)45-37-20-9-8-19-35(37)40(30-13-4-2-5-14-30,31-15-6-3-7-16-31)36-23-22-33(28-38(36)45)44-39-21-10-11-24-41-39;/h2-26,29H,1H3;/q-3;. The van der Waals surface area contributed by atoms with E-state index in [1.807, 2.05) is 36.3 Å². The number of fused-ring (bicyclic) bond motifs is 2. The first kappa shape index (κ1) is 30.7. The summed E-state index contributed by atoms with van der Waals surface area (Å²) in [7, 11) is 1.02. The van der Waals surface area contributed by atoms with Crippen LogP contribution in [0.1, 0.15) is 0 Å². The largest absolute Gasteiger partial charge is 0 e. The van der Waals surface area contributed by atoms with Gasteiger partial charge in [0, 0.05) is 21.1 Å². The molecule has 7 heteroatoms. The zero-order valence-electron chi connectivity index (χ0n) is 25.0. The molecule has 0 fully saturated rings. The number of pyridine rings is 1. The van der Waals surface area contributed by atoms with Crippen molar-refractivity contribution in [3.63, 3.8) is 0 Å². The normalized spacial score (nSPS) is 15.9. The zero-order chi connectivity index (χ0) is 30.2. The Bertz CT molecular complexity index is 1970. The Morgan fingerprint density at radius 1 is 0.696 bits per heavy atom. The summed E-state index contributed by atoms with van der Waals surface area (Å²) in [6.07, 6.45) is 5.87. The minimum Gasteiger partial charge on any atom is 0 e. The van der Waals surface area contributed by atoms with E-state index in [0.717, 1.165) is 11.0 Å². The van der Waals surface area contributed by atoms with Crippen molar-refractivity contribution in [2.45, 2.75) is 0 Å². The van der Waals surface area contributed by atoms with Crippen molar-refractivity contribution in [3.05, 3.63) is 171 Å². The SMILES string of the molecule is CN1C=CN(c2[c-]c(P3c4[c-]c(Oc5ccccn5)cc[c]4[Ge]([c]4ccccc4)([c]4ccccc4)[c]4ccccc43)ccc2)[CH-]1.[Pt]. The van der Waals surface area contributed by atoms with E-state index in [1.54, 1.807) is 6.20 Å². The third-order valence-corrected chi connectivity index (χ3v) is 21.9. The van der Waals surface area contributed by atoms with E-state index in [9.17, 15) is 0 Å². The molecule has 0 amide bonds.